The number of carbonyl (C=O) groups is 2. The smallest absolute Gasteiger partial charge is 0.338 e. The summed E-state index contributed by atoms with van der Waals surface area (Å²) in [6.07, 6.45) is 0.827. The molecule has 2 heterocycles. The number of carbonyl (C=O) groups excluding carboxylic acids is 2. The van der Waals surface area contributed by atoms with E-state index in [0.29, 0.717) is 23.1 Å². The van der Waals surface area contributed by atoms with Crippen LogP contribution in [0.25, 0.3) is 16.7 Å². The lowest BCUT2D eigenvalue weighted by Crippen LogP contribution is -2.08. The van der Waals surface area contributed by atoms with Gasteiger partial charge in [-0.15, -0.1) is 0 Å². The third kappa shape index (κ3) is 5.16. The van der Waals surface area contributed by atoms with Crippen molar-refractivity contribution in [2.75, 3.05) is 7.11 Å². The summed E-state index contributed by atoms with van der Waals surface area (Å²) in [5.41, 5.74) is 5.44. The molecule has 0 N–H and O–H groups in total. The van der Waals surface area contributed by atoms with Crippen LogP contribution in [0.4, 0.5) is 0 Å². The van der Waals surface area contributed by atoms with Crippen LogP contribution in [-0.2, 0) is 27.3 Å². The molecule has 4 rings (SSSR count). The Hall–Kier alpha value is -4.20. The van der Waals surface area contributed by atoms with E-state index < -0.39 is 11.6 Å². The Morgan fingerprint density at radius 2 is 1.77 bits per heavy atom. The second-order valence-electron chi connectivity index (χ2n) is 8.35. The first-order valence-corrected chi connectivity index (χ1v) is 11.2. The van der Waals surface area contributed by atoms with Gasteiger partial charge < -0.3 is 13.9 Å². The van der Waals surface area contributed by atoms with Gasteiger partial charge in [-0.25, -0.2) is 14.3 Å². The van der Waals surface area contributed by atoms with Crippen molar-refractivity contribution in [3.63, 3.8) is 0 Å². The molecule has 0 bridgehead atoms. The van der Waals surface area contributed by atoms with Crippen molar-refractivity contribution >= 4 is 22.9 Å². The minimum Gasteiger partial charge on any atom is -0.469 e. The van der Waals surface area contributed by atoms with Crippen molar-refractivity contribution in [1.29, 1.82) is 0 Å². The number of fused-ring (bicyclic) bond motifs is 1. The number of aryl methyl sites for hydroxylation is 2. The molecule has 0 radical (unpaired) electrons. The highest BCUT2D eigenvalue weighted by atomic mass is 16.5. The van der Waals surface area contributed by atoms with E-state index in [0.717, 1.165) is 33.6 Å². The molecule has 0 atom stereocenters. The van der Waals surface area contributed by atoms with E-state index in [1.54, 1.807) is 35.0 Å². The molecule has 2 aromatic heterocycles. The fraction of sp³-hybridized carbons (Fsp3) is 0.259. The maximum Gasteiger partial charge on any atom is 0.338 e. The molecule has 0 aliphatic rings. The summed E-state index contributed by atoms with van der Waals surface area (Å²) in [4.78, 5) is 36.1. The van der Waals surface area contributed by atoms with Gasteiger partial charge in [-0.05, 0) is 68.7 Å². The van der Waals surface area contributed by atoms with E-state index in [1.807, 2.05) is 32.9 Å². The molecule has 0 aliphatic heterocycles. The summed E-state index contributed by atoms with van der Waals surface area (Å²) in [7, 11) is 1.37. The number of methoxy groups -OCH3 is 1. The predicted molar refractivity (Wildman–Crippen MR) is 130 cm³/mol. The number of hydrogen-bond acceptors (Lipinski definition) is 7. The summed E-state index contributed by atoms with van der Waals surface area (Å²) in [5, 5.41) is 5.32. The number of esters is 2. The maximum atomic E-state index is 12.7. The number of hydrogen-bond donors (Lipinski definition) is 0. The number of nitrogens with zero attached hydrogens (tertiary/aromatic N) is 2. The largest absolute Gasteiger partial charge is 0.469 e. The minimum absolute atomic E-state index is 0.0489. The molecule has 2 aromatic carbocycles. The monoisotopic (exact) mass is 474 g/mol. The highest BCUT2D eigenvalue weighted by molar-refractivity contribution is 5.90. The van der Waals surface area contributed by atoms with Crippen LogP contribution < -0.4 is 5.63 Å². The third-order valence-corrected chi connectivity index (χ3v) is 5.94. The normalized spacial score (nSPS) is 11.0. The quantitative estimate of drug-likeness (QED) is 0.290. The second-order valence-corrected chi connectivity index (χ2v) is 8.35. The van der Waals surface area contributed by atoms with Gasteiger partial charge in [0.25, 0.3) is 0 Å². The van der Waals surface area contributed by atoms with E-state index in [4.69, 9.17) is 13.9 Å². The molecule has 0 saturated carbocycles. The number of aromatic nitrogens is 2. The lowest BCUT2D eigenvalue weighted by atomic mass is 10.1. The summed E-state index contributed by atoms with van der Waals surface area (Å²) in [6.45, 7) is 5.70. The zero-order valence-corrected chi connectivity index (χ0v) is 20.1. The van der Waals surface area contributed by atoms with Gasteiger partial charge in [-0.3, -0.25) is 4.79 Å². The number of benzene rings is 2. The second kappa shape index (κ2) is 9.97. The summed E-state index contributed by atoms with van der Waals surface area (Å²) >= 11 is 0. The predicted octanol–water partition coefficient (Wildman–Crippen LogP) is 4.37. The lowest BCUT2D eigenvalue weighted by molar-refractivity contribution is -0.140. The molecule has 4 aromatic rings. The van der Waals surface area contributed by atoms with Crippen molar-refractivity contribution in [3.05, 3.63) is 92.6 Å². The molecular weight excluding hydrogens is 448 g/mol. The van der Waals surface area contributed by atoms with Gasteiger partial charge in [0.15, 0.2) is 0 Å². The highest BCUT2D eigenvalue weighted by Crippen LogP contribution is 2.22. The Kier molecular flexibility index (Phi) is 6.82. The van der Waals surface area contributed by atoms with Crippen LogP contribution in [0.5, 0.6) is 0 Å². The summed E-state index contributed by atoms with van der Waals surface area (Å²) in [5.74, 6) is -0.768. The Balaban J connectivity index is 1.48. The van der Waals surface area contributed by atoms with Gasteiger partial charge in [0.05, 0.1) is 24.1 Å². The summed E-state index contributed by atoms with van der Waals surface area (Å²) in [6, 6.07) is 13.8. The first kappa shape index (κ1) is 23.9. The zero-order valence-electron chi connectivity index (χ0n) is 20.1. The first-order valence-electron chi connectivity index (χ1n) is 11.2. The molecule has 0 spiro atoms. The van der Waals surface area contributed by atoms with Gasteiger partial charge in [0.1, 0.15) is 12.2 Å². The molecule has 0 unspecified atom stereocenters. The fourth-order valence-electron chi connectivity index (χ4n) is 4.04. The van der Waals surface area contributed by atoms with Gasteiger partial charge in [-0.1, -0.05) is 12.1 Å². The van der Waals surface area contributed by atoms with Gasteiger partial charge >= 0.3 is 17.6 Å². The minimum atomic E-state index is -0.503. The van der Waals surface area contributed by atoms with Gasteiger partial charge in [0.2, 0.25) is 0 Å². The molecule has 0 saturated heterocycles. The Morgan fingerprint density at radius 1 is 1.03 bits per heavy atom. The van der Waals surface area contributed by atoms with E-state index in [2.05, 4.69) is 5.10 Å². The molecule has 8 nitrogen and oxygen atoms in total. The van der Waals surface area contributed by atoms with Crippen LogP contribution in [0.15, 0.2) is 57.7 Å². The molecule has 0 aliphatic carbocycles. The molecular formula is C27H26N2O6. The molecule has 0 amide bonds. The Labute approximate surface area is 202 Å². The summed E-state index contributed by atoms with van der Waals surface area (Å²) < 4.78 is 17.2. The standard InChI is InChI=1S/C27H26N2O6/c1-16-5-10-23-20(14-26(31)35-24(23)13-16)15-34-27(32)19-6-8-21(9-7-19)29-18(3)22(17(2)28-29)11-12-25(30)33-4/h5-10,13-14H,11-12,15H2,1-4H3. The van der Waals surface area contributed by atoms with E-state index in [1.165, 1.54) is 13.2 Å². The van der Waals surface area contributed by atoms with Gasteiger partial charge in [0, 0.05) is 29.1 Å². The SMILES string of the molecule is COC(=O)CCc1c(C)nn(-c2ccc(C(=O)OCc3cc(=O)oc4cc(C)ccc34)cc2)c1C. The third-order valence-electron chi connectivity index (χ3n) is 5.94. The van der Waals surface area contributed by atoms with Crippen LogP contribution in [0, 0.1) is 20.8 Å². The van der Waals surface area contributed by atoms with Crippen LogP contribution in [0.2, 0.25) is 0 Å². The van der Waals surface area contributed by atoms with E-state index in [-0.39, 0.29) is 19.0 Å². The van der Waals surface area contributed by atoms with E-state index in [9.17, 15) is 14.4 Å². The topological polar surface area (TPSA) is 101 Å². The Morgan fingerprint density at radius 3 is 2.49 bits per heavy atom. The van der Waals surface area contributed by atoms with Crippen LogP contribution >= 0.6 is 0 Å². The molecule has 8 heteroatoms. The fourth-order valence-corrected chi connectivity index (χ4v) is 4.04. The average Bonchev–Trinajstić information content (AvgIpc) is 3.13. The van der Waals surface area contributed by atoms with Crippen LogP contribution in [0.3, 0.4) is 0 Å². The van der Waals surface area contributed by atoms with Crippen molar-refractivity contribution in [2.45, 2.75) is 40.2 Å². The molecule has 0 fully saturated rings. The average molecular weight is 475 g/mol. The van der Waals surface area contributed by atoms with Crippen LogP contribution in [-0.4, -0.2) is 28.8 Å². The molecule has 35 heavy (non-hydrogen) atoms. The van der Waals surface area contributed by atoms with Crippen molar-refractivity contribution in [1.82, 2.24) is 9.78 Å². The molecule has 180 valence electrons. The first-order chi connectivity index (χ1) is 16.8. The zero-order chi connectivity index (χ0) is 25.1. The van der Waals surface area contributed by atoms with Crippen LogP contribution in [0.1, 0.15) is 44.9 Å². The van der Waals surface area contributed by atoms with E-state index >= 15 is 0 Å². The highest BCUT2D eigenvalue weighted by Gasteiger charge is 2.16. The van der Waals surface area contributed by atoms with Crippen molar-refractivity contribution in [3.8, 4) is 5.69 Å². The maximum absolute atomic E-state index is 12.7. The Bertz CT molecular complexity index is 1460. The van der Waals surface area contributed by atoms with Gasteiger partial charge in [-0.2, -0.15) is 5.10 Å². The van der Waals surface area contributed by atoms with Crippen molar-refractivity contribution in [2.24, 2.45) is 0 Å². The lowest BCUT2D eigenvalue weighted by Gasteiger charge is -2.09. The number of ether oxygens (including phenoxy) is 2. The van der Waals surface area contributed by atoms with Crippen molar-refractivity contribution < 1.29 is 23.5 Å². The number of rotatable bonds is 7.